The van der Waals surface area contributed by atoms with Gasteiger partial charge in [0.2, 0.25) is 0 Å². The minimum Gasteiger partial charge on any atom is -0.324 e. The molecule has 1 aromatic carbocycles. The van der Waals surface area contributed by atoms with Crippen molar-refractivity contribution in [1.82, 2.24) is 0 Å². The zero-order chi connectivity index (χ0) is 12.3. The van der Waals surface area contributed by atoms with Crippen molar-refractivity contribution >= 4 is 11.3 Å². The van der Waals surface area contributed by atoms with E-state index < -0.39 is 0 Å². The molecular weight excluding hydrogens is 226 g/mol. The Bertz CT molecular complexity index is 453. The van der Waals surface area contributed by atoms with Gasteiger partial charge in [-0.25, -0.2) is 0 Å². The molecule has 0 amide bonds. The molecule has 2 heteroatoms. The first kappa shape index (κ1) is 12.3. The second-order valence-corrected chi connectivity index (χ2v) is 5.48. The van der Waals surface area contributed by atoms with Crippen LogP contribution in [0.4, 0.5) is 0 Å². The largest absolute Gasteiger partial charge is 0.324 e. The van der Waals surface area contributed by atoms with E-state index in [1.807, 2.05) is 0 Å². The number of hydrogen-bond acceptors (Lipinski definition) is 2. The summed E-state index contributed by atoms with van der Waals surface area (Å²) in [7, 11) is 0. The average Bonchev–Trinajstić information content (AvgIpc) is 2.77. The number of aryl methyl sites for hydroxylation is 3. The van der Waals surface area contributed by atoms with E-state index in [9.17, 15) is 0 Å². The van der Waals surface area contributed by atoms with Gasteiger partial charge < -0.3 is 5.73 Å². The van der Waals surface area contributed by atoms with Crippen LogP contribution >= 0.6 is 11.3 Å². The predicted molar refractivity (Wildman–Crippen MR) is 75.5 cm³/mol. The molecule has 17 heavy (non-hydrogen) atoms. The fraction of sp³-hybridized carbons (Fsp3) is 0.333. The first-order chi connectivity index (χ1) is 8.15. The Kier molecular flexibility index (Phi) is 3.97. The summed E-state index contributed by atoms with van der Waals surface area (Å²) in [6, 6.07) is 8.92. The average molecular weight is 245 g/mol. The molecule has 2 aromatic rings. The maximum atomic E-state index is 6.25. The zero-order valence-corrected chi connectivity index (χ0v) is 11.3. The molecule has 1 unspecified atom stereocenters. The van der Waals surface area contributed by atoms with Gasteiger partial charge in [-0.2, -0.15) is 11.3 Å². The Morgan fingerprint density at radius 1 is 1.18 bits per heavy atom. The fourth-order valence-corrected chi connectivity index (χ4v) is 2.85. The Morgan fingerprint density at radius 2 is 1.88 bits per heavy atom. The Hall–Kier alpha value is -1.12. The Morgan fingerprint density at radius 3 is 2.47 bits per heavy atom. The van der Waals surface area contributed by atoms with Crippen molar-refractivity contribution in [2.45, 2.75) is 32.7 Å². The van der Waals surface area contributed by atoms with E-state index in [0.717, 1.165) is 12.8 Å². The van der Waals surface area contributed by atoms with Gasteiger partial charge in [-0.1, -0.05) is 29.3 Å². The van der Waals surface area contributed by atoms with Crippen molar-refractivity contribution in [2.24, 2.45) is 5.73 Å². The number of hydrogen-bond donors (Lipinski definition) is 1. The van der Waals surface area contributed by atoms with Crippen molar-refractivity contribution < 1.29 is 0 Å². The van der Waals surface area contributed by atoms with Gasteiger partial charge in [0.05, 0.1) is 0 Å². The molecule has 0 saturated carbocycles. The van der Waals surface area contributed by atoms with Crippen LogP contribution in [0.2, 0.25) is 0 Å². The predicted octanol–water partition coefficient (Wildman–Crippen LogP) is 4.00. The highest BCUT2D eigenvalue weighted by Crippen LogP contribution is 2.20. The van der Waals surface area contributed by atoms with Crippen molar-refractivity contribution in [3.63, 3.8) is 0 Å². The molecule has 1 heterocycles. The standard InChI is InChI=1S/C15H19NS/c1-11-7-12(2)9-14(8-11)15(16)4-3-13-5-6-17-10-13/h5-10,15H,3-4,16H2,1-2H3. The monoisotopic (exact) mass is 245 g/mol. The summed E-state index contributed by atoms with van der Waals surface area (Å²) in [4.78, 5) is 0. The van der Waals surface area contributed by atoms with Crippen LogP contribution in [0.1, 0.15) is 34.7 Å². The van der Waals surface area contributed by atoms with Crippen molar-refractivity contribution in [3.05, 3.63) is 57.3 Å². The lowest BCUT2D eigenvalue weighted by Crippen LogP contribution is -2.11. The SMILES string of the molecule is Cc1cc(C)cc(C(N)CCc2ccsc2)c1. The second-order valence-electron chi connectivity index (χ2n) is 4.70. The molecule has 1 aromatic heterocycles. The Labute approximate surface area is 107 Å². The minimum atomic E-state index is 0.147. The highest BCUT2D eigenvalue weighted by atomic mass is 32.1. The van der Waals surface area contributed by atoms with E-state index in [-0.39, 0.29) is 6.04 Å². The van der Waals surface area contributed by atoms with E-state index in [1.54, 1.807) is 11.3 Å². The lowest BCUT2D eigenvalue weighted by molar-refractivity contribution is 0.651. The maximum Gasteiger partial charge on any atom is 0.0298 e. The van der Waals surface area contributed by atoms with Gasteiger partial charge >= 0.3 is 0 Å². The topological polar surface area (TPSA) is 26.0 Å². The van der Waals surface area contributed by atoms with Crippen LogP contribution in [0.3, 0.4) is 0 Å². The smallest absolute Gasteiger partial charge is 0.0298 e. The number of rotatable bonds is 4. The minimum absolute atomic E-state index is 0.147. The summed E-state index contributed by atoms with van der Waals surface area (Å²) in [6.07, 6.45) is 2.08. The van der Waals surface area contributed by atoms with Crippen LogP contribution in [0.5, 0.6) is 0 Å². The zero-order valence-electron chi connectivity index (χ0n) is 10.4. The van der Waals surface area contributed by atoms with E-state index in [4.69, 9.17) is 5.73 Å². The third-order valence-corrected chi connectivity index (χ3v) is 3.73. The normalized spacial score (nSPS) is 12.6. The van der Waals surface area contributed by atoms with Gasteiger partial charge in [0.1, 0.15) is 0 Å². The van der Waals surface area contributed by atoms with E-state index in [2.05, 4.69) is 48.9 Å². The second kappa shape index (κ2) is 5.48. The van der Waals surface area contributed by atoms with E-state index in [0.29, 0.717) is 0 Å². The maximum absolute atomic E-state index is 6.25. The fourth-order valence-electron chi connectivity index (χ4n) is 2.15. The molecule has 1 atom stereocenters. The van der Waals surface area contributed by atoms with E-state index >= 15 is 0 Å². The van der Waals surface area contributed by atoms with Crippen LogP contribution in [-0.2, 0) is 6.42 Å². The summed E-state index contributed by atoms with van der Waals surface area (Å²) in [5, 5.41) is 4.33. The summed E-state index contributed by atoms with van der Waals surface area (Å²) in [6.45, 7) is 4.25. The number of benzene rings is 1. The molecule has 0 fully saturated rings. The van der Waals surface area contributed by atoms with Crippen LogP contribution < -0.4 is 5.73 Å². The van der Waals surface area contributed by atoms with Gasteiger partial charge in [-0.3, -0.25) is 0 Å². The molecule has 0 saturated heterocycles. The molecule has 0 aliphatic carbocycles. The van der Waals surface area contributed by atoms with Crippen molar-refractivity contribution in [1.29, 1.82) is 0 Å². The summed E-state index contributed by atoms with van der Waals surface area (Å²) in [5.74, 6) is 0. The van der Waals surface area contributed by atoms with Crippen LogP contribution in [-0.4, -0.2) is 0 Å². The lowest BCUT2D eigenvalue weighted by atomic mass is 9.97. The Balaban J connectivity index is 2.01. The van der Waals surface area contributed by atoms with Crippen molar-refractivity contribution in [3.8, 4) is 0 Å². The summed E-state index contributed by atoms with van der Waals surface area (Å²) < 4.78 is 0. The summed E-state index contributed by atoms with van der Waals surface area (Å²) in [5.41, 5.74) is 11.5. The molecule has 0 radical (unpaired) electrons. The number of nitrogens with two attached hydrogens (primary N) is 1. The van der Waals surface area contributed by atoms with Crippen LogP contribution in [0.15, 0.2) is 35.0 Å². The summed E-state index contributed by atoms with van der Waals surface area (Å²) >= 11 is 1.75. The highest BCUT2D eigenvalue weighted by Gasteiger charge is 2.07. The molecule has 0 bridgehead atoms. The highest BCUT2D eigenvalue weighted by molar-refractivity contribution is 7.07. The molecule has 0 aliphatic rings. The van der Waals surface area contributed by atoms with Crippen molar-refractivity contribution in [2.75, 3.05) is 0 Å². The van der Waals surface area contributed by atoms with Crippen LogP contribution in [0.25, 0.3) is 0 Å². The quantitative estimate of drug-likeness (QED) is 0.865. The third-order valence-electron chi connectivity index (χ3n) is 3.00. The lowest BCUT2D eigenvalue weighted by Gasteiger charge is -2.13. The van der Waals surface area contributed by atoms with Gasteiger partial charge in [-0.15, -0.1) is 0 Å². The van der Waals surface area contributed by atoms with Crippen LogP contribution in [0, 0.1) is 13.8 Å². The van der Waals surface area contributed by atoms with Gasteiger partial charge in [0, 0.05) is 6.04 Å². The molecule has 2 rings (SSSR count). The first-order valence-electron chi connectivity index (χ1n) is 6.00. The van der Waals surface area contributed by atoms with Gasteiger partial charge in [0.25, 0.3) is 0 Å². The molecule has 0 spiro atoms. The third kappa shape index (κ3) is 3.42. The first-order valence-corrected chi connectivity index (χ1v) is 6.94. The van der Waals surface area contributed by atoms with E-state index in [1.165, 1.54) is 22.3 Å². The molecule has 0 aliphatic heterocycles. The number of thiophene rings is 1. The van der Waals surface area contributed by atoms with Gasteiger partial charge in [-0.05, 0) is 54.6 Å². The molecule has 90 valence electrons. The van der Waals surface area contributed by atoms with Gasteiger partial charge in [0.15, 0.2) is 0 Å². The molecular formula is C15H19NS. The molecule has 1 nitrogen and oxygen atoms in total. The molecule has 2 N–H and O–H groups in total.